The Morgan fingerprint density at radius 3 is 2.51 bits per heavy atom. The van der Waals surface area contributed by atoms with Crippen LogP contribution in [0.2, 0.25) is 0 Å². The van der Waals surface area contributed by atoms with Gasteiger partial charge in [-0.05, 0) is 55.6 Å². The van der Waals surface area contributed by atoms with Crippen molar-refractivity contribution in [3.8, 4) is 11.5 Å². The van der Waals surface area contributed by atoms with Crippen LogP contribution >= 0.6 is 0 Å². The molecule has 1 saturated carbocycles. The number of hydrogen-bond donors (Lipinski definition) is 5. The third-order valence-corrected chi connectivity index (χ3v) is 6.72. The van der Waals surface area contributed by atoms with Gasteiger partial charge in [-0.15, -0.1) is 0 Å². The van der Waals surface area contributed by atoms with Gasteiger partial charge in [-0.25, -0.2) is 14.5 Å². The molecule has 9 nitrogen and oxygen atoms in total. The van der Waals surface area contributed by atoms with Gasteiger partial charge in [-0.1, -0.05) is 19.9 Å². The number of hydrogen-bond acceptors (Lipinski definition) is 7. The van der Waals surface area contributed by atoms with Crippen molar-refractivity contribution < 1.29 is 23.0 Å². The van der Waals surface area contributed by atoms with E-state index >= 15 is 0 Å². The second-order valence-electron chi connectivity index (χ2n) is 9.71. The van der Waals surface area contributed by atoms with E-state index in [0.29, 0.717) is 55.3 Å². The molecule has 2 aromatic rings. The molecule has 0 saturated heterocycles. The molecular weight excluding hydrogens is 473 g/mol. The number of phenols is 1. The zero-order valence-electron chi connectivity index (χ0n) is 20.2. The molecule has 11 heteroatoms. The molecule has 1 aromatic carbocycles. The third kappa shape index (κ3) is 8.52. The maximum absolute atomic E-state index is 14.0. The number of anilines is 2. The SMILES string of the molecule is CC(C)CN(CCNC1CCC(Cc2ccc(O)cc2F)CC1)c1ncc(NS(N)(=O)=O)cc1O. The van der Waals surface area contributed by atoms with Gasteiger partial charge in [0.15, 0.2) is 11.6 Å². The Morgan fingerprint density at radius 2 is 1.91 bits per heavy atom. The van der Waals surface area contributed by atoms with Gasteiger partial charge in [0, 0.05) is 37.8 Å². The normalized spacial score (nSPS) is 18.5. The van der Waals surface area contributed by atoms with Crippen LogP contribution in [0.5, 0.6) is 11.5 Å². The van der Waals surface area contributed by atoms with Crippen molar-refractivity contribution in [2.75, 3.05) is 29.3 Å². The van der Waals surface area contributed by atoms with Crippen LogP contribution in [0.15, 0.2) is 30.5 Å². The van der Waals surface area contributed by atoms with Crippen LogP contribution < -0.4 is 20.1 Å². The highest BCUT2D eigenvalue weighted by atomic mass is 32.2. The molecular formula is C24H36FN5O4S. The van der Waals surface area contributed by atoms with E-state index in [-0.39, 0.29) is 23.0 Å². The fraction of sp³-hybridized carbons (Fsp3) is 0.542. The third-order valence-electron chi connectivity index (χ3n) is 6.20. The van der Waals surface area contributed by atoms with Gasteiger partial charge < -0.3 is 20.4 Å². The minimum absolute atomic E-state index is 0.0506. The maximum atomic E-state index is 14.0. The number of pyridine rings is 1. The quantitative estimate of drug-likeness (QED) is 0.313. The van der Waals surface area contributed by atoms with Crippen LogP contribution in [0, 0.1) is 17.7 Å². The summed E-state index contributed by atoms with van der Waals surface area (Å²) in [7, 11) is -3.95. The Kier molecular flexibility index (Phi) is 9.15. The molecule has 0 spiro atoms. The molecule has 1 aliphatic carbocycles. The van der Waals surface area contributed by atoms with Crippen molar-refractivity contribution >= 4 is 21.7 Å². The van der Waals surface area contributed by atoms with Crippen LogP contribution in [0.25, 0.3) is 0 Å². The first-order valence-corrected chi connectivity index (χ1v) is 13.5. The average Bonchev–Trinajstić information content (AvgIpc) is 2.75. The molecule has 0 atom stereocenters. The maximum Gasteiger partial charge on any atom is 0.296 e. The molecule has 1 fully saturated rings. The van der Waals surface area contributed by atoms with Crippen molar-refractivity contribution in [2.24, 2.45) is 17.0 Å². The van der Waals surface area contributed by atoms with E-state index in [9.17, 15) is 23.0 Å². The molecule has 1 aliphatic rings. The predicted molar refractivity (Wildman–Crippen MR) is 135 cm³/mol. The number of rotatable bonds is 11. The summed E-state index contributed by atoms with van der Waals surface area (Å²) in [6.07, 6.45) is 6.04. The van der Waals surface area contributed by atoms with Crippen LogP contribution in [0.1, 0.15) is 45.1 Å². The highest BCUT2D eigenvalue weighted by molar-refractivity contribution is 7.90. The smallest absolute Gasteiger partial charge is 0.296 e. The number of nitrogens with zero attached hydrogens (tertiary/aromatic N) is 2. The molecule has 1 heterocycles. The molecule has 35 heavy (non-hydrogen) atoms. The zero-order chi connectivity index (χ0) is 25.6. The number of phenolic OH excluding ortho intramolecular Hbond substituents is 1. The highest BCUT2D eigenvalue weighted by Gasteiger charge is 2.23. The minimum atomic E-state index is -3.95. The molecule has 0 unspecified atom stereocenters. The number of aromatic hydroxyl groups is 2. The molecule has 194 valence electrons. The van der Waals surface area contributed by atoms with Crippen molar-refractivity contribution in [3.05, 3.63) is 41.8 Å². The van der Waals surface area contributed by atoms with Crippen molar-refractivity contribution in [1.29, 1.82) is 0 Å². The summed E-state index contributed by atoms with van der Waals surface area (Å²) < 4.78 is 38.6. The van der Waals surface area contributed by atoms with Gasteiger partial charge in [-0.3, -0.25) is 4.72 Å². The summed E-state index contributed by atoms with van der Waals surface area (Å²) in [5.41, 5.74) is 0.751. The van der Waals surface area contributed by atoms with E-state index in [1.54, 1.807) is 6.07 Å². The van der Waals surface area contributed by atoms with E-state index in [4.69, 9.17) is 5.14 Å². The number of nitrogens with two attached hydrogens (primary N) is 1. The molecule has 0 aliphatic heterocycles. The van der Waals surface area contributed by atoms with E-state index < -0.39 is 10.2 Å². The summed E-state index contributed by atoms with van der Waals surface area (Å²) in [5, 5.41) is 28.4. The number of nitrogens with one attached hydrogen (secondary N) is 2. The van der Waals surface area contributed by atoms with E-state index in [1.807, 2.05) is 4.90 Å². The fourth-order valence-electron chi connectivity index (χ4n) is 4.62. The Hall–Kier alpha value is -2.63. The Bertz CT molecular complexity index is 1090. The average molecular weight is 510 g/mol. The first kappa shape index (κ1) is 27.0. The first-order valence-electron chi connectivity index (χ1n) is 12.0. The second kappa shape index (κ2) is 11.9. The van der Waals surface area contributed by atoms with E-state index in [1.165, 1.54) is 24.4 Å². The van der Waals surface area contributed by atoms with Gasteiger partial charge in [-0.2, -0.15) is 8.42 Å². The van der Waals surface area contributed by atoms with Crippen LogP contribution in [0.3, 0.4) is 0 Å². The van der Waals surface area contributed by atoms with Crippen molar-refractivity contribution in [1.82, 2.24) is 10.3 Å². The van der Waals surface area contributed by atoms with Gasteiger partial charge in [0.1, 0.15) is 11.6 Å². The van der Waals surface area contributed by atoms with E-state index in [0.717, 1.165) is 25.7 Å². The lowest BCUT2D eigenvalue weighted by Gasteiger charge is -2.31. The summed E-state index contributed by atoms with van der Waals surface area (Å²) in [6.45, 7) is 6.15. The lowest BCUT2D eigenvalue weighted by molar-refractivity contribution is 0.289. The number of halogens is 1. The Labute approximate surface area is 206 Å². The monoisotopic (exact) mass is 509 g/mol. The largest absolute Gasteiger partial charge is 0.508 e. The first-order chi connectivity index (χ1) is 16.5. The minimum Gasteiger partial charge on any atom is -0.508 e. The molecule has 0 amide bonds. The van der Waals surface area contributed by atoms with Gasteiger partial charge in [0.2, 0.25) is 0 Å². The van der Waals surface area contributed by atoms with Crippen LogP contribution in [-0.2, 0) is 16.6 Å². The molecule has 6 N–H and O–H groups in total. The lowest BCUT2D eigenvalue weighted by atomic mass is 9.82. The summed E-state index contributed by atoms with van der Waals surface area (Å²) in [6, 6.07) is 6.04. The van der Waals surface area contributed by atoms with Crippen LogP contribution in [0.4, 0.5) is 15.9 Å². The highest BCUT2D eigenvalue weighted by Crippen LogP contribution is 2.30. The lowest BCUT2D eigenvalue weighted by Crippen LogP contribution is -2.40. The summed E-state index contributed by atoms with van der Waals surface area (Å²) in [4.78, 5) is 6.24. The standard InChI is InChI=1S/C24H36FN5O4S/c1-16(2)15-30(24-23(32)12-20(14-28-24)29-35(26,33)34)10-9-27-19-6-3-17(4-7-19)11-18-5-8-21(31)13-22(18)25/h5,8,12-14,16-17,19,27,29,31-32H,3-4,6-7,9-11,15H2,1-2H3,(H2,26,33,34). The zero-order valence-corrected chi connectivity index (χ0v) is 21.1. The van der Waals surface area contributed by atoms with Gasteiger partial charge >= 0.3 is 0 Å². The number of benzene rings is 1. The van der Waals surface area contributed by atoms with Crippen molar-refractivity contribution in [3.63, 3.8) is 0 Å². The van der Waals surface area contributed by atoms with Crippen molar-refractivity contribution in [2.45, 2.75) is 52.0 Å². The topological polar surface area (TPSA) is 141 Å². The van der Waals surface area contributed by atoms with Gasteiger partial charge in [0.05, 0.1) is 11.9 Å². The van der Waals surface area contributed by atoms with E-state index in [2.05, 4.69) is 28.9 Å². The summed E-state index contributed by atoms with van der Waals surface area (Å²) in [5.74, 6) is 0.622. The molecule has 0 radical (unpaired) electrons. The fourth-order valence-corrected chi connectivity index (χ4v) is 5.06. The van der Waals surface area contributed by atoms with Crippen LogP contribution in [-0.4, -0.2) is 49.3 Å². The molecule has 1 aromatic heterocycles. The molecule has 0 bridgehead atoms. The number of aromatic nitrogens is 1. The van der Waals surface area contributed by atoms with Gasteiger partial charge in [0.25, 0.3) is 10.2 Å². The Balaban J connectivity index is 1.51. The molecule has 3 rings (SSSR count). The second-order valence-corrected chi connectivity index (χ2v) is 11.0. The predicted octanol–water partition coefficient (Wildman–Crippen LogP) is 3.10. The summed E-state index contributed by atoms with van der Waals surface area (Å²) >= 11 is 0. The Morgan fingerprint density at radius 1 is 1.20 bits per heavy atom.